The van der Waals surface area contributed by atoms with Gasteiger partial charge >= 0.3 is 12.4 Å². The Morgan fingerprint density at radius 1 is 1.07 bits per heavy atom. The van der Waals surface area contributed by atoms with Gasteiger partial charge in [-0.15, -0.1) is 0 Å². The number of nitrogens with zero attached hydrogens (tertiary/aromatic N) is 2. The van der Waals surface area contributed by atoms with Crippen molar-refractivity contribution in [2.24, 2.45) is 5.92 Å². The first-order valence-electron chi connectivity index (χ1n) is 9.41. The van der Waals surface area contributed by atoms with Crippen LogP contribution in [0.15, 0.2) is 18.3 Å². The number of halogens is 6. The topological polar surface area (TPSA) is 74.3 Å². The number of aromatic nitrogens is 1. The van der Waals surface area contributed by atoms with Crippen LogP contribution in [-0.4, -0.2) is 48.1 Å². The molecule has 30 heavy (non-hydrogen) atoms. The van der Waals surface area contributed by atoms with Crippen LogP contribution in [0.25, 0.3) is 0 Å². The van der Waals surface area contributed by atoms with E-state index in [1.165, 1.54) is 6.07 Å². The van der Waals surface area contributed by atoms with Crippen LogP contribution in [0.2, 0.25) is 0 Å². The summed E-state index contributed by atoms with van der Waals surface area (Å²) >= 11 is 0. The molecule has 0 spiro atoms. The van der Waals surface area contributed by atoms with Crippen LogP contribution >= 0.6 is 0 Å². The van der Waals surface area contributed by atoms with Crippen molar-refractivity contribution in [1.82, 2.24) is 15.6 Å². The van der Waals surface area contributed by atoms with Crippen LogP contribution in [0, 0.1) is 5.92 Å². The average molecular weight is 438 g/mol. The number of nitrogens with one attached hydrogen (secondary N) is 2. The van der Waals surface area contributed by atoms with Gasteiger partial charge in [-0.1, -0.05) is 0 Å². The first-order chi connectivity index (χ1) is 13.9. The zero-order valence-corrected chi connectivity index (χ0v) is 15.7. The molecule has 0 saturated carbocycles. The van der Waals surface area contributed by atoms with Gasteiger partial charge in [-0.05, 0) is 37.8 Å². The molecular weight excluding hydrogens is 418 g/mol. The van der Waals surface area contributed by atoms with Gasteiger partial charge in [0.1, 0.15) is 17.8 Å². The van der Waals surface area contributed by atoms with Crippen molar-refractivity contribution in [2.45, 2.75) is 50.1 Å². The summed E-state index contributed by atoms with van der Waals surface area (Å²) in [5.41, 5.74) is -0.841. The van der Waals surface area contributed by atoms with Crippen LogP contribution in [0.3, 0.4) is 0 Å². The predicted molar refractivity (Wildman–Crippen MR) is 93.3 cm³/mol. The standard InChI is InChI=1S/C18H20F6N4O2/c19-17(20,21)10-1-4-14(25-9-10)28-7-5-11(6-8-28)26-15(29)12-2-3-13(18(22,23)24)27-16(12)30/h1,4,9,11-13H,2-3,5-8H2,(H,26,29)(H,27,30). The third kappa shape index (κ3) is 5.14. The number of amides is 2. The Kier molecular flexibility index (Phi) is 6.14. The lowest BCUT2D eigenvalue weighted by Gasteiger charge is -2.35. The Labute approximate surface area is 168 Å². The molecule has 2 atom stereocenters. The van der Waals surface area contributed by atoms with Crippen LogP contribution < -0.4 is 15.5 Å². The number of carbonyl (C=O) groups excluding carboxylic acids is 2. The minimum absolute atomic E-state index is 0.184. The number of piperidine rings is 2. The number of pyridine rings is 1. The summed E-state index contributed by atoms with van der Waals surface area (Å²) in [6.07, 6.45) is -7.85. The van der Waals surface area contributed by atoms with Crippen LogP contribution in [0.4, 0.5) is 32.2 Å². The number of rotatable bonds is 3. The molecule has 2 aliphatic rings. The second-order valence-electron chi connectivity index (χ2n) is 7.41. The molecule has 2 fully saturated rings. The number of carbonyl (C=O) groups is 2. The summed E-state index contributed by atoms with van der Waals surface area (Å²) in [7, 11) is 0. The summed E-state index contributed by atoms with van der Waals surface area (Å²) in [5.74, 6) is -2.33. The molecule has 0 aliphatic carbocycles. The van der Waals surface area contributed by atoms with Crippen molar-refractivity contribution < 1.29 is 35.9 Å². The van der Waals surface area contributed by atoms with Crippen LogP contribution in [0.1, 0.15) is 31.2 Å². The van der Waals surface area contributed by atoms with Gasteiger partial charge in [-0.2, -0.15) is 26.3 Å². The third-order valence-corrected chi connectivity index (χ3v) is 5.33. The molecule has 1 aromatic heterocycles. The maximum Gasteiger partial charge on any atom is 0.417 e. The lowest BCUT2D eigenvalue weighted by Crippen LogP contribution is -2.56. The Morgan fingerprint density at radius 3 is 2.23 bits per heavy atom. The minimum atomic E-state index is -4.55. The van der Waals surface area contributed by atoms with Gasteiger partial charge in [0.2, 0.25) is 11.8 Å². The van der Waals surface area contributed by atoms with Gasteiger partial charge in [-0.3, -0.25) is 9.59 Å². The van der Waals surface area contributed by atoms with E-state index in [0.29, 0.717) is 31.7 Å². The Morgan fingerprint density at radius 2 is 1.73 bits per heavy atom. The van der Waals surface area contributed by atoms with E-state index in [-0.39, 0.29) is 18.9 Å². The molecule has 6 nitrogen and oxygen atoms in total. The fourth-order valence-electron chi connectivity index (χ4n) is 3.60. The molecule has 2 amide bonds. The van der Waals surface area contributed by atoms with Crippen molar-refractivity contribution in [1.29, 1.82) is 0 Å². The number of anilines is 1. The largest absolute Gasteiger partial charge is 0.417 e. The maximum atomic E-state index is 12.7. The molecule has 1 aromatic rings. The average Bonchev–Trinajstić information content (AvgIpc) is 2.67. The van der Waals surface area contributed by atoms with Crippen molar-refractivity contribution >= 4 is 17.6 Å². The molecule has 2 N–H and O–H groups in total. The Hall–Kier alpha value is -2.53. The first kappa shape index (κ1) is 22.2. The highest BCUT2D eigenvalue weighted by atomic mass is 19.4. The molecule has 0 bridgehead atoms. The smallest absolute Gasteiger partial charge is 0.356 e. The van der Waals surface area contributed by atoms with Gasteiger partial charge in [0.15, 0.2) is 0 Å². The fourth-order valence-corrected chi connectivity index (χ4v) is 3.60. The fraction of sp³-hybridized carbons (Fsp3) is 0.611. The number of alkyl halides is 6. The van der Waals surface area contributed by atoms with E-state index in [0.717, 1.165) is 12.3 Å². The predicted octanol–water partition coefficient (Wildman–Crippen LogP) is 2.64. The van der Waals surface area contributed by atoms with Gasteiger partial charge < -0.3 is 15.5 Å². The molecule has 2 saturated heterocycles. The highest BCUT2D eigenvalue weighted by Crippen LogP contribution is 2.30. The zero-order chi connectivity index (χ0) is 22.1. The molecule has 3 rings (SSSR count). The number of hydrogen-bond donors (Lipinski definition) is 2. The summed E-state index contributed by atoms with van der Waals surface area (Å²) in [6, 6.07) is 0.0157. The molecule has 166 valence electrons. The summed E-state index contributed by atoms with van der Waals surface area (Å²) in [4.78, 5) is 29.9. The van der Waals surface area contributed by atoms with E-state index >= 15 is 0 Å². The van der Waals surface area contributed by atoms with Gasteiger partial charge in [-0.25, -0.2) is 4.98 Å². The highest BCUT2D eigenvalue weighted by molar-refractivity contribution is 6.01. The van der Waals surface area contributed by atoms with Crippen molar-refractivity contribution in [3.63, 3.8) is 0 Å². The van der Waals surface area contributed by atoms with E-state index < -0.39 is 41.7 Å². The molecule has 3 heterocycles. The second-order valence-corrected chi connectivity index (χ2v) is 7.41. The van der Waals surface area contributed by atoms with E-state index in [4.69, 9.17) is 0 Å². The van der Waals surface area contributed by atoms with Gasteiger partial charge in [0.05, 0.1) is 5.56 Å². The van der Waals surface area contributed by atoms with Crippen LogP contribution in [0.5, 0.6) is 0 Å². The van der Waals surface area contributed by atoms with Crippen molar-refractivity contribution in [2.75, 3.05) is 18.0 Å². The second kappa shape index (κ2) is 8.31. The normalized spacial score (nSPS) is 23.8. The van der Waals surface area contributed by atoms with E-state index in [2.05, 4.69) is 10.3 Å². The Balaban J connectivity index is 1.49. The summed E-state index contributed by atoms with van der Waals surface area (Å²) < 4.78 is 75.9. The SMILES string of the molecule is O=C(NC1CCN(c2ccc(C(F)(F)F)cn2)CC1)C1CCC(C(F)(F)F)NC1=O. The molecule has 12 heteroatoms. The van der Waals surface area contributed by atoms with Crippen LogP contribution in [-0.2, 0) is 15.8 Å². The lowest BCUT2D eigenvalue weighted by atomic mass is 9.92. The van der Waals surface area contributed by atoms with Crippen molar-refractivity contribution in [3.05, 3.63) is 23.9 Å². The quantitative estimate of drug-likeness (QED) is 0.562. The van der Waals surface area contributed by atoms with E-state index in [9.17, 15) is 35.9 Å². The molecule has 2 unspecified atom stereocenters. The Bertz CT molecular complexity index is 772. The molecule has 0 radical (unpaired) electrons. The van der Waals surface area contributed by atoms with E-state index in [1.54, 1.807) is 4.90 Å². The maximum absolute atomic E-state index is 12.7. The first-order valence-corrected chi connectivity index (χ1v) is 9.41. The highest BCUT2D eigenvalue weighted by Gasteiger charge is 2.46. The lowest BCUT2D eigenvalue weighted by molar-refractivity contribution is -0.171. The minimum Gasteiger partial charge on any atom is -0.356 e. The zero-order valence-electron chi connectivity index (χ0n) is 15.7. The van der Waals surface area contributed by atoms with Crippen molar-refractivity contribution in [3.8, 4) is 0 Å². The summed E-state index contributed by atoms with van der Waals surface area (Å²) in [5, 5.41) is 4.54. The third-order valence-electron chi connectivity index (χ3n) is 5.33. The molecular formula is C18H20F6N4O2. The summed E-state index contributed by atoms with van der Waals surface area (Å²) in [6.45, 7) is 0.854. The molecule has 0 aromatic carbocycles. The number of hydrogen-bond acceptors (Lipinski definition) is 4. The molecule has 2 aliphatic heterocycles. The van der Waals surface area contributed by atoms with E-state index in [1.807, 2.05) is 5.32 Å². The van der Waals surface area contributed by atoms with Gasteiger partial charge in [0.25, 0.3) is 0 Å². The van der Waals surface area contributed by atoms with Gasteiger partial charge in [0, 0.05) is 25.3 Å². The monoisotopic (exact) mass is 438 g/mol.